The zero-order valence-corrected chi connectivity index (χ0v) is 40.3. The van der Waals surface area contributed by atoms with Gasteiger partial charge in [0, 0.05) is 67.5 Å². The molecule has 0 radical (unpaired) electrons. The van der Waals surface area contributed by atoms with E-state index in [2.05, 4.69) is 278 Å². The van der Waals surface area contributed by atoms with E-state index in [0.29, 0.717) is 0 Å². The Labute approximate surface area is 420 Å². The van der Waals surface area contributed by atoms with Crippen molar-refractivity contribution < 1.29 is 4.42 Å². The summed E-state index contributed by atoms with van der Waals surface area (Å²) in [6.07, 6.45) is 13.7. The lowest BCUT2D eigenvalue weighted by atomic mass is 9.82. The lowest BCUT2D eigenvalue weighted by Gasteiger charge is -2.31. The number of anilines is 6. The van der Waals surface area contributed by atoms with Crippen molar-refractivity contribution in [1.82, 2.24) is 4.57 Å². The Kier molecular flexibility index (Phi) is 10.4. The maximum absolute atomic E-state index is 6.64. The van der Waals surface area contributed by atoms with Gasteiger partial charge in [-0.05, 0) is 154 Å². The normalized spacial score (nSPS) is 14.9. The van der Waals surface area contributed by atoms with E-state index < -0.39 is 0 Å². The highest BCUT2D eigenvalue weighted by Crippen LogP contribution is 2.52. The van der Waals surface area contributed by atoms with Gasteiger partial charge < -0.3 is 18.8 Å². The number of hydrogen-bond donors (Lipinski definition) is 0. The topological polar surface area (TPSA) is 24.6 Å². The van der Waals surface area contributed by atoms with Crippen LogP contribution in [0.3, 0.4) is 0 Å². The fourth-order valence-corrected chi connectivity index (χ4v) is 11.3. The highest BCUT2D eigenvalue weighted by molar-refractivity contribution is 6.06. The molecule has 0 aliphatic heterocycles. The van der Waals surface area contributed by atoms with E-state index in [9.17, 15) is 0 Å². The van der Waals surface area contributed by atoms with Gasteiger partial charge in [0.1, 0.15) is 11.2 Å². The Balaban J connectivity index is 1.08. The molecule has 2 heterocycles. The number of hydrogen-bond acceptors (Lipinski definition) is 3. The molecule has 9 aromatic carbocycles. The standard InChI is InChI=1S/C68H51N3O/c1-46-20-8-4-15-28-57-61-42-47(33-39-65(61)71(64(57)38-32-46)51-25-13-7-14-26-51)48-40-54(69(49-21-9-5-10-22-49)50-23-11-6-12-24-50)43-55(41-48)70(53-34-36-59-58-29-17-19-31-66(58)72-67(59)45-53)52-35-37-63-60(44-52)56-27-16-18-30-62(56)68(63,2)3/h4-27,29-45H,1,28H2,2-3H3/b15-4-,20-8-,38-32-. The number of aromatic nitrogens is 1. The van der Waals surface area contributed by atoms with Crippen LogP contribution >= 0.6 is 0 Å². The molecule has 0 N–H and O–H groups in total. The molecule has 0 unspecified atom stereocenters. The van der Waals surface area contributed by atoms with Gasteiger partial charge in [-0.25, -0.2) is 0 Å². The lowest BCUT2D eigenvalue weighted by Crippen LogP contribution is -2.16. The summed E-state index contributed by atoms with van der Waals surface area (Å²) in [4.78, 5) is 4.79. The van der Waals surface area contributed by atoms with E-state index in [1.54, 1.807) is 0 Å². The van der Waals surface area contributed by atoms with Crippen molar-refractivity contribution in [2.24, 2.45) is 0 Å². The van der Waals surface area contributed by atoms with Crippen LogP contribution in [0, 0.1) is 0 Å². The van der Waals surface area contributed by atoms with Crippen LogP contribution in [0.1, 0.15) is 36.2 Å². The summed E-state index contributed by atoms with van der Waals surface area (Å²) in [5.41, 5.74) is 20.9. The second-order valence-electron chi connectivity index (χ2n) is 19.4. The molecule has 0 amide bonds. The fourth-order valence-electron chi connectivity index (χ4n) is 11.3. The van der Waals surface area contributed by atoms with Crippen molar-refractivity contribution >= 4 is 73.0 Å². The summed E-state index contributed by atoms with van der Waals surface area (Å²) in [6.45, 7) is 9.02. The van der Waals surface area contributed by atoms with Gasteiger partial charge in [-0.2, -0.15) is 0 Å². The van der Waals surface area contributed by atoms with Crippen LogP contribution in [0.25, 0.3) is 66.9 Å². The predicted octanol–water partition coefficient (Wildman–Crippen LogP) is 18.7. The molecule has 4 nitrogen and oxygen atoms in total. The molecule has 0 spiro atoms. The van der Waals surface area contributed by atoms with Gasteiger partial charge in [-0.15, -0.1) is 0 Å². The zero-order chi connectivity index (χ0) is 48.3. The van der Waals surface area contributed by atoms with Crippen LogP contribution in [-0.4, -0.2) is 4.57 Å². The average Bonchev–Trinajstić information content (AvgIpc) is 4.03. The van der Waals surface area contributed by atoms with Crippen LogP contribution < -0.4 is 9.80 Å². The van der Waals surface area contributed by atoms with Gasteiger partial charge in [0.05, 0.1) is 11.2 Å². The minimum atomic E-state index is -0.133. The molecule has 0 bridgehead atoms. The Morgan fingerprint density at radius 3 is 1.88 bits per heavy atom. The van der Waals surface area contributed by atoms with Gasteiger partial charge in [0.15, 0.2) is 0 Å². The predicted molar refractivity (Wildman–Crippen MR) is 303 cm³/mol. The molecule has 0 atom stereocenters. The number of rotatable bonds is 8. The third kappa shape index (κ3) is 7.30. The van der Waals surface area contributed by atoms with Crippen molar-refractivity contribution in [3.8, 4) is 27.9 Å². The monoisotopic (exact) mass is 925 g/mol. The minimum absolute atomic E-state index is 0.133. The number of benzene rings is 9. The van der Waals surface area contributed by atoms with E-state index in [0.717, 1.165) is 96.1 Å². The average molecular weight is 926 g/mol. The molecule has 2 aliphatic carbocycles. The van der Waals surface area contributed by atoms with Gasteiger partial charge in [0.25, 0.3) is 0 Å². The number of allylic oxidation sites excluding steroid dienone is 6. The Hall–Kier alpha value is -9.12. The first kappa shape index (κ1) is 42.9. The van der Waals surface area contributed by atoms with Crippen molar-refractivity contribution in [2.45, 2.75) is 25.7 Å². The van der Waals surface area contributed by atoms with Crippen LogP contribution in [-0.2, 0) is 11.8 Å². The molecule has 344 valence electrons. The summed E-state index contributed by atoms with van der Waals surface area (Å²) in [5.74, 6) is 0. The maximum Gasteiger partial charge on any atom is 0.137 e. The summed E-state index contributed by atoms with van der Waals surface area (Å²) in [5, 5.41) is 3.41. The second kappa shape index (κ2) is 17.4. The smallest absolute Gasteiger partial charge is 0.137 e. The SMILES string of the molecule is C=C1/C=C\C=C/Cc2c(n(-c3ccccc3)c3ccc(-c4cc(N(c5ccccc5)c5ccccc5)cc(N(c5ccc6c(c5)-c5ccccc5C6(C)C)c5ccc6c(c5)oc5ccccc56)c4)cc23)/C=C\1. The summed E-state index contributed by atoms with van der Waals surface area (Å²) in [7, 11) is 0. The molecule has 13 rings (SSSR count). The van der Waals surface area contributed by atoms with Crippen LogP contribution in [0.2, 0.25) is 0 Å². The molecule has 0 saturated heterocycles. The Morgan fingerprint density at radius 1 is 0.458 bits per heavy atom. The molecular weight excluding hydrogens is 875 g/mol. The maximum atomic E-state index is 6.64. The summed E-state index contributed by atoms with van der Waals surface area (Å²) in [6, 6.07) is 77.1. The van der Waals surface area contributed by atoms with Crippen molar-refractivity contribution in [3.05, 3.63) is 277 Å². The molecule has 11 aromatic rings. The largest absolute Gasteiger partial charge is 0.456 e. The van der Waals surface area contributed by atoms with Crippen LogP contribution in [0.4, 0.5) is 34.1 Å². The van der Waals surface area contributed by atoms with E-state index >= 15 is 0 Å². The quantitative estimate of drug-likeness (QED) is 0.152. The van der Waals surface area contributed by atoms with Gasteiger partial charge in [-0.1, -0.05) is 160 Å². The summed E-state index contributed by atoms with van der Waals surface area (Å²) >= 11 is 0. The van der Waals surface area contributed by atoms with E-state index in [4.69, 9.17) is 4.42 Å². The lowest BCUT2D eigenvalue weighted by molar-refractivity contribution is 0.660. The number of furan rings is 1. The van der Waals surface area contributed by atoms with Crippen molar-refractivity contribution in [1.29, 1.82) is 0 Å². The Morgan fingerprint density at radius 2 is 1.10 bits per heavy atom. The highest BCUT2D eigenvalue weighted by Gasteiger charge is 2.36. The molecule has 4 heteroatoms. The van der Waals surface area contributed by atoms with Gasteiger partial charge in [0.2, 0.25) is 0 Å². The fraction of sp³-hybridized carbons (Fsp3) is 0.0588. The minimum Gasteiger partial charge on any atom is -0.456 e. The van der Waals surface area contributed by atoms with Crippen LogP contribution in [0.5, 0.6) is 0 Å². The number of nitrogens with zero attached hydrogens (tertiary/aromatic N) is 3. The third-order valence-corrected chi connectivity index (χ3v) is 14.7. The third-order valence-electron chi connectivity index (χ3n) is 14.7. The first-order valence-corrected chi connectivity index (χ1v) is 24.8. The number of fused-ring (bicyclic) bond motifs is 9. The van der Waals surface area contributed by atoms with E-state index in [1.807, 2.05) is 6.07 Å². The van der Waals surface area contributed by atoms with Crippen molar-refractivity contribution in [2.75, 3.05) is 9.80 Å². The highest BCUT2D eigenvalue weighted by atomic mass is 16.3. The molecule has 0 saturated carbocycles. The molecule has 72 heavy (non-hydrogen) atoms. The van der Waals surface area contributed by atoms with E-state index in [1.165, 1.54) is 33.2 Å². The molecule has 2 aliphatic rings. The van der Waals surface area contributed by atoms with E-state index in [-0.39, 0.29) is 5.41 Å². The second-order valence-corrected chi connectivity index (χ2v) is 19.4. The Bertz CT molecular complexity index is 3960. The number of para-hydroxylation sites is 4. The first-order chi connectivity index (χ1) is 35.4. The molecule has 2 aromatic heterocycles. The molecule has 0 fully saturated rings. The van der Waals surface area contributed by atoms with Gasteiger partial charge >= 0.3 is 0 Å². The van der Waals surface area contributed by atoms with Crippen molar-refractivity contribution in [3.63, 3.8) is 0 Å². The molecular formula is C68H51N3O. The van der Waals surface area contributed by atoms with Crippen LogP contribution in [0.15, 0.2) is 259 Å². The first-order valence-electron chi connectivity index (χ1n) is 24.8. The zero-order valence-electron chi connectivity index (χ0n) is 40.3. The van der Waals surface area contributed by atoms with Gasteiger partial charge in [-0.3, -0.25) is 0 Å². The summed E-state index contributed by atoms with van der Waals surface area (Å²) < 4.78 is 9.03.